The van der Waals surface area contributed by atoms with Crippen LogP contribution in [0.3, 0.4) is 0 Å². The molecule has 0 radical (unpaired) electrons. The molecule has 1 amide bonds. The van der Waals surface area contributed by atoms with E-state index in [1.165, 1.54) is 0 Å². The van der Waals surface area contributed by atoms with Crippen LogP contribution in [0, 0.1) is 6.92 Å². The summed E-state index contributed by atoms with van der Waals surface area (Å²) in [6.45, 7) is 3.99. The van der Waals surface area contributed by atoms with E-state index in [1.54, 1.807) is 6.92 Å². The second-order valence-corrected chi connectivity index (χ2v) is 7.87. The van der Waals surface area contributed by atoms with E-state index in [-0.39, 0.29) is 18.0 Å². The van der Waals surface area contributed by atoms with Gasteiger partial charge in [0, 0.05) is 29.5 Å². The number of unbranched alkanes of at least 4 members (excludes halogenated alkanes) is 2. The molecule has 0 fully saturated rings. The van der Waals surface area contributed by atoms with E-state index in [9.17, 15) is 14.4 Å². The van der Waals surface area contributed by atoms with Crippen molar-refractivity contribution in [2.24, 2.45) is 0 Å². The van der Waals surface area contributed by atoms with Crippen molar-refractivity contribution in [3.05, 3.63) is 39.2 Å². The van der Waals surface area contributed by atoms with Crippen LogP contribution in [0.15, 0.2) is 21.3 Å². The minimum atomic E-state index is -0.803. The summed E-state index contributed by atoms with van der Waals surface area (Å²) in [5.74, 6) is -0.520. The van der Waals surface area contributed by atoms with Crippen LogP contribution < -0.4 is 15.7 Å². The monoisotopic (exact) mass is 415 g/mol. The molecule has 0 unspecified atom stereocenters. The van der Waals surface area contributed by atoms with Gasteiger partial charge in [-0.15, -0.1) is 0 Å². The van der Waals surface area contributed by atoms with Crippen molar-refractivity contribution in [1.29, 1.82) is 0 Å². The fourth-order valence-electron chi connectivity index (χ4n) is 3.93. The molecule has 30 heavy (non-hydrogen) atoms. The quantitative estimate of drug-likeness (QED) is 0.480. The van der Waals surface area contributed by atoms with Gasteiger partial charge >= 0.3 is 11.6 Å². The molecular formula is C23H29NO6. The highest BCUT2D eigenvalue weighted by atomic mass is 16.5. The van der Waals surface area contributed by atoms with E-state index >= 15 is 0 Å². The number of hydrogen-bond donors (Lipinski definition) is 2. The molecule has 1 aliphatic rings. The molecule has 0 saturated carbocycles. The zero-order chi connectivity index (χ0) is 21.7. The van der Waals surface area contributed by atoms with Crippen molar-refractivity contribution < 1.29 is 23.8 Å². The minimum Gasteiger partial charge on any atom is -0.481 e. The van der Waals surface area contributed by atoms with E-state index < -0.39 is 12.1 Å². The van der Waals surface area contributed by atoms with Gasteiger partial charge in [0.05, 0.1) is 0 Å². The van der Waals surface area contributed by atoms with Crippen LogP contribution in [0.5, 0.6) is 5.75 Å². The lowest BCUT2D eigenvalue weighted by atomic mass is 9.90. The van der Waals surface area contributed by atoms with Crippen LogP contribution in [-0.4, -0.2) is 29.6 Å². The van der Waals surface area contributed by atoms with Crippen LogP contribution in [0.2, 0.25) is 0 Å². The molecule has 1 heterocycles. The predicted octanol–water partition coefficient (Wildman–Crippen LogP) is 3.51. The standard InChI is InChI=1S/C23H29NO6/c1-14-19(29-15(2)22(27)24-13-7-3-4-10-20(25)26)12-11-17-16-8-5-6-9-18(16)23(28)30-21(14)17/h11-12,15H,3-10,13H2,1-2H3,(H,24,27)(H,25,26)/t15-/m0/s1. The maximum absolute atomic E-state index is 12.4. The summed E-state index contributed by atoms with van der Waals surface area (Å²) in [7, 11) is 0. The number of carbonyl (C=O) groups is 2. The Kier molecular flexibility index (Phi) is 7.13. The lowest BCUT2D eigenvalue weighted by Crippen LogP contribution is -2.37. The second-order valence-electron chi connectivity index (χ2n) is 7.87. The van der Waals surface area contributed by atoms with Gasteiger partial charge in [-0.3, -0.25) is 9.59 Å². The zero-order valence-electron chi connectivity index (χ0n) is 17.6. The average molecular weight is 415 g/mol. The van der Waals surface area contributed by atoms with Crippen molar-refractivity contribution in [2.45, 2.75) is 71.3 Å². The van der Waals surface area contributed by atoms with E-state index in [4.69, 9.17) is 14.3 Å². The molecule has 3 rings (SSSR count). The number of carbonyl (C=O) groups excluding carboxylic acids is 1. The summed E-state index contributed by atoms with van der Waals surface area (Å²) in [6, 6.07) is 3.75. The third-order valence-corrected chi connectivity index (χ3v) is 5.63. The lowest BCUT2D eigenvalue weighted by Gasteiger charge is -2.19. The highest BCUT2D eigenvalue weighted by molar-refractivity contribution is 5.86. The molecule has 1 atom stereocenters. The van der Waals surface area contributed by atoms with Crippen LogP contribution in [0.1, 0.15) is 62.1 Å². The third kappa shape index (κ3) is 5.01. The summed E-state index contributed by atoms with van der Waals surface area (Å²) in [4.78, 5) is 35.2. The Hall–Kier alpha value is -2.83. The molecule has 7 nitrogen and oxygen atoms in total. The van der Waals surface area contributed by atoms with E-state index in [0.29, 0.717) is 29.9 Å². The summed E-state index contributed by atoms with van der Waals surface area (Å²) in [5.41, 5.74) is 2.84. The molecule has 162 valence electrons. The smallest absolute Gasteiger partial charge is 0.339 e. The number of benzene rings is 1. The van der Waals surface area contributed by atoms with Gasteiger partial charge < -0.3 is 19.6 Å². The Bertz CT molecular complexity index is 993. The van der Waals surface area contributed by atoms with Crippen LogP contribution >= 0.6 is 0 Å². The van der Waals surface area contributed by atoms with Gasteiger partial charge in [-0.2, -0.15) is 0 Å². The van der Waals surface area contributed by atoms with Crippen LogP contribution in [0.25, 0.3) is 11.0 Å². The number of fused-ring (bicyclic) bond motifs is 3. The molecule has 1 aromatic carbocycles. The Labute approximate surface area is 175 Å². The number of ether oxygens (including phenoxy) is 1. The predicted molar refractivity (Wildman–Crippen MR) is 113 cm³/mol. The van der Waals surface area contributed by atoms with E-state index in [0.717, 1.165) is 55.0 Å². The lowest BCUT2D eigenvalue weighted by molar-refractivity contribution is -0.137. The van der Waals surface area contributed by atoms with Crippen LogP contribution in [0.4, 0.5) is 0 Å². The second kappa shape index (κ2) is 9.78. The molecule has 1 aliphatic carbocycles. The number of carboxylic acids is 1. The number of nitrogens with one attached hydrogen (secondary N) is 1. The third-order valence-electron chi connectivity index (χ3n) is 5.63. The van der Waals surface area contributed by atoms with Crippen LogP contribution in [-0.2, 0) is 22.4 Å². The number of amides is 1. The molecule has 1 aromatic heterocycles. The highest BCUT2D eigenvalue weighted by Gasteiger charge is 2.21. The molecule has 0 aliphatic heterocycles. The first-order chi connectivity index (χ1) is 14.4. The molecule has 2 aromatic rings. The topological polar surface area (TPSA) is 106 Å². The summed E-state index contributed by atoms with van der Waals surface area (Å²) >= 11 is 0. The van der Waals surface area contributed by atoms with Crippen molar-refractivity contribution in [1.82, 2.24) is 5.32 Å². The maximum atomic E-state index is 12.4. The van der Waals surface area contributed by atoms with Crippen molar-refractivity contribution in [2.75, 3.05) is 6.54 Å². The molecule has 2 N–H and O–H groups in total. The van der Waals surface area contributed by atoms with E-state index in [2.05, 4.69) is 5.32 Å². The largest absolute Gasteiger partial charge is 0.481 e. The highest BCUT2D eigenvalue weighted by Crippen LogP contribution is 2.32. The van der Waals surface area contributed by atoms with Gasteiger partial charge in [0.15, 0.2) is 6.10 Å². The first kappa shape index (κ1) is 21.9. The van der Waals surface area contributed by atoms with Crippen molar-refractivity contribution >= 4 is 22.8 Å². The summed E-state index contributed by atoms with van der Waals surface area (Å²) < 4.78 is 11.5. The molecule has 0 spiro atoms. The number of aliphatic carboxylic acids is 1. The van der Waals surface area contributed by atoms with Crippen molar-refractivity contribution in [3.8, 4) is 5.75 Å². The first-order valence-corrected chi connectivity index (χ1v) is 10.6. The fraction of sp³-hybridized carbons (Fsp3) is 0.522. The zero-order valence-corrected chi connectivity index (χ0v) is 17.6. The van der Waals surface area contributed by atoms with Gasteiger partial charge in [0.2, 0.25) is 0 Å². The Morgan fingerprint density at radius 3 is 2.63 bits per heavy atom. The normalized spacial score (nSPS) is 14.2. The van der Waals surface area contributed by atoms with Gasteiger partial charge in [-0.1, -0.05) is 6.42 Å². The number of rotatable bonds is 9. The Balaban J connectivity index is 1.64. The average Bonchev–Trinajstić information content (AvgIpc) is 2.72. The fourth-order valence-corrected chi connectivity index (χ4v) is 3.93. The number of aryl methyl sites for hydroxylation is 2. The van der Waals surface area contributed by atoms with Gasteiger partial charge in [0.1, 0.15) is 11.3 Å². The summed E-state index contributed by atoms with van der Waals surface area (Å²) in [6.07, 6.45) is 5.22. The molecular weight excluding hydrogens is 386 g/mol. The molecule has 0 saturated heterocycles. The van der Waals surface area contributed by atoms with Gasteiger partial charge in [-0.25, -0.2) is 4.79 Å². The minimum absolute atomic E-state index is 0.147. The van der Waals surface area contributed by atoms with E-state index in [1.807, 2.05) is 19.1 Å². The molecule has 7 heteroatoms. The number of carboxylic acid groups (broad SMARTS) is 1. The first-order valence-electron chi connectivity index (χ1n) is 10.6. The SMILES string of the molecule is Cc1c(O[C@@H](C)C(=O)NCCCCCC(=O)O)ccc2c3c(c(=O)oc12)CCCC3. The number of hydrogen-bond acceptors (Lipinski definition) is 5. The van der Waals surface area contributed by atoms with Crippen molar-refractivity contribution in [3.63, 3.8) is 0 Å². The summed E-state index contributed by atoms with van der Waals surface area (Å²) in [5, 5.41) is 12.4. The molecule has 0 bridgehead atoms. The Morgan fingerprint density at radius 1 is 1.17 bits per heavy atom. The van der Waals surface area contributed by atoms with Gasteiger partial charge in [-0.05, 0) is 70.1 Å². The maximum Gasteiger partial charge on any atom is 0.339 e. The van der Waals surface area contributed by atoms with Gasteiger partial charge in [0.25, 0.3) is 5.91 Å². The Morgan fingerprint density at radius 2 is 1.90 bits per heavy atom.